The number of methoxy groups -OCH3 is 1. The van der Waals surface area contributed by atoms with E-state index in [0.717, 1.165) is 32.5 Å². The number of nitrogens with zero attached hydrogens (tertiary/aromatic N) is 3. The molecular weight excluding hydrogens is 411 g/mol. The van der Waals surface area contributed by atoms with Crippen LogP contribution in [0.4, 0.5) is 13.2 Å². The number of ether oxygens (including phenoxy) is 1. The van der Waals surface area contributed by atoms with Gasteiger partial charge in [-0.1, -0.05) is 0 Å². The smallest absolute Gasteiger partial charge is 0.383 e. The van der Waals surface area contributed by atoms with Gasteiger partial charge in [-0.15, -0.1) is 0 Å². The summed E-state index contributed by atoms with van der Waals surface area (Å²) in [5.74, 6) is 0.742. The summed E-state index contributed by atoms with van der Waals surface area (Å²) < 4.78 is 66.6. The molecule has 2 aliphatic heterocycles. The van der Waals surface area contributed by atoms with Gasteiger partial charge in [0.25, 0.3) is 0 Å². The number of nitrogens with one attached hydrogen (secondary N) is 2. The van der Waals surface area contributed by atoms with Crippen LogP contribution >= 0.6 is 0 Å². The molecule has 0 bridgehead atoms. The fourth-order valence-corrected chi connectivity index (χ4v) is 4.79. The molecule has 0 aromatic carbocycles. The van der Waals surface area contributed by atoms with Gasteiger partial charge in [-0.05, 0) is 38.1 Å². The molecule has 2 heterocycles. The van der Waals surface area contributed by atoms with Gasteiger partial charge >= 0.3 is 15.5 Å². The number of guanidine groups is 1. The zero-order valence-corrected chi connectivity index (χ0v) is 17.9. The van der Waals surface area contributed by atoms with Crippen molar-refractivity contribution in [2.45, 2.75) is 37.2 Å². The van der Waals surface area contributed by atoms with Crippen molar-refractivity contribution in [2.75, 3.05) is 60.0 Å². The number of aliphatic imine (C=N–C) groups is 1. The number of piperidine rings is 1. The van der Waals surface area contributed by atoms with Gasteiger partial charge in [-0.3, -0.25) is 9.89 Å². The van der Waals surface area contributed by atoms with E-state index >= 15 is 0 Å². The van der Waals surface area contributed by atoms with Gasteiger partial charge in [0.2, 0.25) is 0 Å². The quantitative estimate of drug-likeness (QED) is 0.427. The SMILES string of the molecule is CN=C(NCC1CCN(S(=O)(=O)C(F)(F)F)CC1)NCC1CCCN1CCOC. The highest BCUT2D eigenvalue weighted by Crippen LogP contribution is 2.30. The van der Waals surface area contributed by atoms with Gasteiger partial charge in [0, 0.05) is 52.9 Å². The number of halogens is 3. The van der Waals surface area contributed by atoms with Crippen molar-refractivity contribution >= 4 is 16.0 Å². The first-order valence-electron chi connectivity index (χ1n) is 9.93. The predicted octanol–water partition coefficient (Wildman–Crippen LogP) is 0.824. The zero-order chi connectivity index (χ0) is 21.5. The molecule has 1 unspecified atom stereocenters. The molecule has 0 saturated carbocycles. The topological polar surface area (TPSA) is 86.3 Å². The minimum absolute atomic E-state index is 0.0953. The lowest BCUT2D eigenvalue weighted by Gasteiger charge is -2.32. The number of likely N-dealkylation sites (tertiary alicyclic amines) is 1. The molecule has 2 saturated heterocycles. The second kappa shape index (κ2) is 10.8. The minimum atomic E-state index is -5.23. The predicted molar refractivity (Wildman–Crippen MR) is 105 cm³/mol. The first-order chi connectivity index (χ1) is 13.7. The van der Waals surface area contributed by atoms with E-state index in [-0.39, 0.29) is 19.0 Å². The van der Waals surface area contributed by atoms with E-state index in [1.165, 1.54) is 0 Å². The van der Waals surface area contributed by atoms with Crippen molar-refractivity contribution in [2.24, 2.45) is 10.9 Å². The lowest BCUT2D eigenvalue weighted by Crippen LogP contribution is -2.48. The van der Waals surface area contributed by atoms with Crippen LogP contribution in [-0.2, 0) is 14.8 Å². The molecule has 0 spiro atoms. The molecule has 0 aromatic heterocycles. The summed E-state index contributed by atoms with van der Waals surface area (Å²) in [7, 11) is -1.86. The molecule has 1 atom stereocenters. The number of rotatable bonds is 8. The van der Waals surface area contributed by atoms with Crippen molar-refractivity contribution < 1.29 is 26.3 Å². The number of sulfonamides is 1. The maximum Gasteiger partial charge on any atom is 0.511 e. The second-order valence-electron chi connectivity index (χ2n) is 7.45. The van der Waals surface area contributed by atoms with E-state index in [0.29, 0.717) is 42.3 Å². The van der Waals surface area contributed by atoms with Crippen LogP contribution in [0.5, 0.6) is 0 Å². The normalized spacial score (nSPS) is 23.5. The van der Waals surface area contributed by atoms with Gasteiger partial charge in [-0.25, -0.2) is 8.42 Å². The van der Waals surface area contributed by atoms with Crippen LogP contribution in [0.2, 0.25) is 0 Å². The Labute approximate surface area is 170 Å². The van der Waals surface area contributed by atoms with Crippen LogP contribution in [-0.4, -0.2) is 95.2 Å². The Morgan fingerprint density at radius 3 is 2.38 bits per heavy atom. The molecule has 2 N–H and O–H groups in total. The molecule has 0 aliphatic carbocycles. The van der Waals surface area contributed by atoms with Crippen LogP contribution in [0.25, 0.3) is 0 Å². The molecule has 0 radical (unpaired) electrons. The first kappa shape index (κ1) is 24.2. The Hall–Kier alpha value is -1.11. The zero-order valence-electron chi connectivity index (χ0n) is 17.0. The average Bonchev–Trinajstić information content (AvgIpc) is 3.13. The summed E-state index contributed by atoms with van der Waals surface area (Å²) >= 11 is 0. The molecule has 170 valence electrons. The summed E-state index contributed by atoms with van der Waals surface area (Å²) in [6.07, 6.45) is 3.03. The third-order valence-electron chi connectivity index (χ3n) is 5.57. The third-order valence-corrected chi connectivity index (χ3v) is 7.20. The van der Waals surface area contributed by atoms with E-state index in [1.54, 1.807) is 14.2 Å². The van der Waals surface area contributed by atoms with Gasteiger partial charge in [0.05, 0.1) is 6.61 Å². The lowest BCUT2D eigenvalue weighted by molar-refractivity contribution is -0.0496. The van der Waals surface area contributed by atoms with Crippen LogP contribution in [0.3, 0.4) is 0 Å². The summed E-state index contributed by atoms with van der Waals surface area (Å²) in [6, 6.07) is 0.416. The van der Waals surface area contributed by atoms with Crippen LogP contribution in [0, 0.1) is 5.92 Å². The Kier molecular flexibility index (Phi) is 8.98. The minimum Gasteiger partial charge on any atom is -0.383 e. The highest BCUT2D eigenvalue weighted by molar-refractivity contribution is 7.90. The maximum atomic E-state index is 12.6. The number of alkyl halides is 3. The van der Waals surface area contributed by atoms with Crippen LogP contribution < -0.4 is 10.6 Å². The lowest BCUT2D eigenvalue weighted by atomic mass is 9.98. The molecule has 29 heavy (non-hydrogen) atoms. The van der Waals surface area contributed by atoms with Crippen molar-refractivity contribution in [1.82, 2.24) is 19.8 Å². The average molecular weight is 444 g/mol. The maximum absolute atomic E-state index is 12.6. The van der Waals surface area contributed by atoms with E-state index < -0.39 is 15.5 Å². The third kappa shape index (κ3) is 6.69. The Balaban J connectivity index is 1.72. The second-order valence-corrected chi connectivity index (χ2v) is 9.38. The van der Waals surface area contributed by atoms with Gasteiger partial charge in [0.1, 0.15) is 0 Å². The van der Waals surface area contributed by atoms with Crippen LogP contribution in [0.15, 0.2) is 4.99 Å². The number of hydrogen-bond donors (Lipinski definition) is 2. The number of hydrogen-bond acceptors (Lipinski definition) is 5. The Morgan fingerprint density at radius 1 is 1.14 bits per heavy atom. The molecule has 0 aromatic rings. The summed E-state index contributed by atoms with van der Waals surface area (Å²) in [6.45, 7) is 3.72. The molecule has 2 aliphatic rings. The molecule has 8 nitrogen and oxygen atoms in total. The van der Waals surface area contributed by atoms with Gasteiger partial charge in [-0.2, -0.15) is 17.5 Å². The van der Waals surface area contributed by atoms with E-state index in [1.807, 2.05) is 0 Å². The van der Waals surface area contributed by atoms with Crippen LogP contribution in [0.1, 0.15) is 25.7 Å². The molecule has 0 amide bonds. The highest BCUT2D eigenvalue weighted by atomic mass is 32.2. The Bertz CT molecular complexity index is 637. The van der Waals surface area contributed by atoms with Gasteiger partial charge < -0.3 is 15.4 Å². The fourth-order valence-electron chi connectivity index (χ4n) is 3.81. The first-order valence-corrected chi connectivity index (χ1v) is 11.4. The highest BCUT2D eigenvalue weighted by Gasteiger charge is 2.50. The van der Waals surface area contributed by atoms with Crippen molar-refractivity contribution in [3.05, 3.63) is 0 Å². The van der Waals surface area contributed by atoms with E-state index in [4.69, 9.17) is 4.74 Å². The fraction of sp³-hybridized carbons (Fsp3) is 0.941. The van der Waals surface area contributed by atoms with Crippen molar-refractivity contribution in [3.63, 3.8) is 0 Å². The molecule has 2 fully saturated rings. The molecule has 12 heteroatoms. The molecule has 2 rings (SSSR count). The van der Waals surface area contributed by atoms with Gasteiger partial charge in [0.15, 0.2) is 5.96 Å². The van der Waals surface area contributed by atoms with E-state index in [2.05, 4.69) is 20.5 Å². The summed E-state index contributed by atoms with van der Waals surface area (Å²) in [5.41, 5.74) is -5.23. The monoisotopic (exact) mass is 443 g/mol. The standard InChI is InChI=1S/C17H32F3N5O3S/c1-21-16(23-13-15-4-3-7-24(15)10-11-28-2)22-12-14-5-8-25(9-6-14)29(26,27)17(18,19)20/h14-15H,3-13H2,1-2H3,(H2,21,22,23). The molecular formula is C17H32F3N5O3S. The Morgan fingerprint density at radius 2 is 1.79 bits per heavy atom. The van der Waals surface area contributed by atoms with Crippen molar-refractivity contribution in [1.29, 1.82) is 0 Å². The van der Waals surface area contributed by atoms with E-state index in [9.17, 15) is 21.6 Å². The summed E-state index contributed by atoms with van der Waals surface area (Å²) in [5, 5.41) is 6.52. The summed E-state index contributed by atoms with van der Waals surface area (Å²) in [4.78, 5) is 6.59. The van der Waals surface area contributed by atoms with Crippen molar-refractivity contribution in [3.8, 4) is 0 Å². The largest absolute Gasteiger partial charge is 0.511 e.